The molecule has 0 atom stereocenters. The van der Waals surface area contributed by atoms with E-state index in [0.717, 1.165) is 4.79 Å². The molecule has 2 amide bonds. The molecular formula is C21H18N4O6. The molecule has 10 heteroatoms. The van der Waals surface area contributed by atoms with Gasteiger partial charge in [0.1, 0.15) is 13.2 Å². The van der Waals surface area contributed by atoms with Crippen LogP contribution in [0.5, 0.6) is 0 Å². The molecule has 0 spiro atoms. The SMILES string of the molecule is O=C(O)/C(=N\n1cccn1)N(C(=O)OCc1ccccc1)C(=O)OCc1ccccc1. The zero-order chi connectivity index (χ0) is 22.1. The van der Waals surface area contributed by atoms with Crippen LogP contribution in [0.25, 0.3) is 0 Å². The van der Waals surface area contributed by atoms with Gasteiger partial charge < -0.3 is 14.6 Å². The van der Waals surface area contributed by atoms with Crippen LogP contribution in [0.4, 0.5) is 9.59 Å². The van der Waals surface area contributed by atoms with Crippen LogP contribution in [-0.4, -0.2) is 43.9 Å². The topological polar surface area (TPSA) is 123 Å². The zero-order valence-corrected chi connectivity index (χ0v) is 16.2. The van der Waals surface area contributed by atoms with E-state index >= 15 is 0 Å². The van der Waals surface area contributed by atoms with Crippen LogP contribution in [0.2, 0.25) is 0 Å². The van der Waals surface area contributed by atoms with Gasteiger partial charge in [-0.05, 0) is 17.2 Å². The molecule has 0 radical (unpaired) electrons. The van der Waals surface area contributed by atoms with Crippen LogP contribution >= 0.6 is 0 Å². The molecule has 0 aliphatic rings. The molecule has 2 aromatic carbocycles. The largest absolute Gasteiger partial charge is 0.475 e. The Morgan fingerprint density at radius 1 is 0.871 bits per heavy atom. The molecule has 0 saturated carbocycles. The van der Waals surface area contributed by atoms with E-state index in [2.05, 4.69) is 10.2 Å². The Morgan fingerprint density at radius 2 is 1.39 bits per heavy atom. The van der Waals surface area contributed by atoms with Crippen molar-refractivity contribution in [2.24, 2.45) is 5.10 Å². The molecule has 1 aromatic heterocycles. The fourth-order valence-electron chi connectivity index (χ4n) is 2.42. The number of ether oxygens (including phenoxy) is 2. The number of amidine groups is 1. The van der Waals surface area contributed by atoms with E-state index in [1.807, 2.05) is 0 Å². The number of carboxylic acids is 1. The Balaban J connectivity index is 1.83. The number of hydrogen-bond donors (Lipinski definition) is 1. The first-order valence-corrected chi connectivity index (χ1v) is 9.08. The van der Waals surface area contributed by atoms with Gasteiger partial charge in [0.25, 0.3) is 5.84 Å². The maximum Gasteiger partial charge on any atom is 0.425 e. The van der Waals surface area contributed by atoms with Crippen LogP contribution in [0, 0.1) is 0 Å². The van der Waals surface area contributed by atoms with Crippen LogP contribution in [0.3, 0.4) is 0 Å². The second-order valence-corrected chi connectivity index (χ2v) is 6.07. The highest BCUT2D eigenvalue weighted by molar-refractivity contribution is 6.40. The van der Waals surface area contributed by atoms with Crippen molar-refractivity contribution in [3.63, 3.8) is 0 Å². The van der Waals surface area contributed by atoms with Gasteiger partial charge in [-0.25, -0.2) is 14.4 Å². The molecule has 0 bridgehead atoms. The number of carbonyl (C=O) groups is 3. The molecule has 31 heavy (non-hydrogen) atoms. The summed E-state index contributed by atoms with van der Waals surface area (Å²) in [5.74, 6) is -2.58. The van der Waals surface area contributed by atoms with Crippen molar-refractivity contribution in [2.45, 2.75) is 13.2 Å². The van der Waals surface area contributed by atoms with Crippen LogP contribution in [-0.2, 0) is 27.5 Å². The first-order chi connectivity index (χ1) is 15.0. The minimum absolute atomic E-state index is 0.184. The Labute approximate surface area is 176 Å². The maximum atomic E-state index is 12.7. The zero-order valence-electron chi connectivity index (χ0n) is 16.2. The lowest BCUT2D eigenvalue weighted by atomic mass is 10.2. The number of aliphatic carboxylic acids is 1. The Morgan fingerprint density at radius 3 is 1.81 bits per heavy atom. The number of nitrogens with zero attached hydrogens (tertiary/aromatic N) is 4. The summed E-state index contributed by atoms with van der Waals surface area (Å²) < 4.78 is 10.3. The van der Waals surface area contributed by atoms with Crippen molar-refractivity contribution in [3.05, 3.63) is 90.3 Å². The normalized spacial score (nSPS) is 10.9. The number of amides is 2. The smallest absolute Gasteiger partial charge is 0.425 e. The highest BCUT2D eigenvalue weighted by Crippen LogP contribution is 2.09. The third-order valence-electron chi connectivity index (χ3n) is 3.87. The second-order valence-electron chi connectivity index (χ2n) is 6.07. The second kappa shape index (κ2) is 10.3. The number of imide groups is 1. The van der Waals surface area contributed by atoms with Gasteiger partial charge in [0.15, 0.2) is 0 Å². The highest BCUT2D eigenvalue weighted by Gasteiger charge is 2.35. The Bertz CT molecular complexity index is 996. The summed E-state index contributed by atoms with van der Waals surface area (Å²) in [6.45, 7) is -0.367. The Kier molecular flexibility index (Phi) is 7.09. The van der Waals surface area contributed by atoms with E-state index in [1.165, 1.54) is 18.5 Å². The lowest BCUT2D eigenvalue weighted by molar-refractivity contribution is -0.130. The fourth-order valence-corrected chi connectivity index (χ4v) is 2.42. The third kappa shape index (κ3) is 6.00. The van der Waals surface area contributed by atoms with E-state index in [9.17, 15) is 19.5 Å². The predicted octanol–water partition coefficient (Wildman–Crippen LogP) is 3.10. The number of aromatic nitrogens is 2. The van der Waals surface area contributed by atoms with E-state index < -0.39 is 24.0 Å². The molecule has 0 saturated heterocycles. The summed E-state index contributed by atoms with van der Waals surface area (Å²) in [5, 5.41) is 17.1. The summed E-state index contributed by atoms with van der Waals surface area (Å²) in [7, 11) is 0. The van der Waals surface area contributed by atoms with Gasteiger partial charge in [-0.15, -0.1) is 5.10 Å². The molecular weight excluding hydrogens is 404 g/mol. The molecule has 1 N–H and O–H groups in total. The Hall–Kier alpha value is -4.47. The maximum absolute atomic E-state index is 12.7. The molecule has 1 heterocycles. The van der Waals surface area contributed by atoms with Crippen molar-refractivity contribution >= 4 is 24.0 Å². The molecule has 158 valence electrons. The minimum Gasteiger partial charge on any atom is -0.475 e. The monoisotopic (exact) mass is 422 g/mol. The van der Waals surface area contributed by atoms with Gasteiger partial charge in [-0.1, -0.05) is 60.7 Å². The summed E-state index contributed by atoms with van der Waals surface area (Å²) >= 11 is 0. The standard InChI is InChI=1S/C21H18N4O6/c26-19(27)18(23-24-13-7-12-22-24)25(20(28)30-14-16-8-3-1-4-9-16)21(29)31-15-17-10-5-2-6-11-17/h1-13H,14-15H2,(H,26,27)/b23-18+. The number of rotatable bonds is 5. The number of hydrogen-bond acceptors (Lipinski definition) is 7. The highest BCUT2D eigenvalue weighted by atomic mass is 16.6. The number of carbonyl (C=O) groups excluding carboxylic acids is 2. The van der Waals surface area contributed by atoms with E-state index in [4.69, 9.17) is 9.47 Å². The molecule has 10 nitrogen and oxygen atoms in total. The average molecular weight is 422 g/mol. The summed E-state index contributed by atoms with van der Waals surface area (Å²) in [6, 6.07) is 18.9. The number of benzene rings is 2. The van der Waals surface area contributed by atoms with Gasteiger partial charge in [-0.3, -0.25) is 0 Å². The van der Waals surface area contributed by atoms with Crippen molar-refractivity contribution in [2.75, 3.05) is 0 Å². The van der Waals surface area contributed by atoms with Crippen LogP contribution in [0.15, 0.2) is 84.2 Å². The summed E-state index contributed by atoms with van der Waals surface area (Å²) in [5.41, 5.74) is 1.30. The van der Waals surface area contributed by atoms with E-state index in [0.29, 0.717) is 11.1 Å². The lowest BCUT2D eigenvalue weighted by Crippen LogP contribution is -2.46. The summed E-state index contributed by atoms with van der Waals surface area (Å²) in [6.07, 6.45) is 0.186. The number of carboxylic acid groups (broad SMARTS) is 1. The lowest BCUT2D eigenvalue weighted by Gasteiger charge is -2.19. The van der Waals surface area contributed by atoms with Crippen molar-refractivity contribution < 1.29 is 29.0 Å². The van der Waals surface area contributed by atoms with Crippen molar-refractivity contribution in [3.8, 4) is 0 Å². The quantitative estimate of drug-likeness (QED) is 0.495. The first kappa shape index (κ1) is 21.2. The van der Waals surface area contributed by atoms with Gasteiger partial charge in [0, 0.05) is 0 Å². The molecule has 3 aromatic rings. The van der Waals surface area contributed by atoms with Crippen LogP contribution in [0.1, 0.15) is 11.1 Å². The minimum atomic E-state index is -1.65. The molecule has 0 aliphatic heterocycles. The van der Waals surface area contributed by atoms with Crippen molar-refractivity contribution in [1.29, 1.82) is 0 Å². The predicted molar refractivity (Wildman–Crippen MR) is 108 cm³/mol. The summed E-state index contributed by atoms with van der Waals surface area (Å²) in [4.78, 5) is 38.3. The molecule has 0 unspecified atom stereocenters. The van der Waals surface area contributed by atoms with Gasteiger partial charge in [0.2, 0.25) is 0 Å². The van der Waals surface area contributed by atoms with Crippen LogP contribution < -0.4 is 0 Å². The first-order valence-electron chi connectivity index (χ1n) is 9.08. The van der Waals surface area contributed by atoms with E-state index in [1.54, 1.807) is 60.7 Å². The molecule has 0 fully saturated rings. The van der Waals surface area contributed by atoms with Gasteiger partial charge in [0.05, 0.1) is 12.4 Å². The van der Waals surface area contributed by atoms with Gasteiger partial charge >= 0.3 is 18.2 Å². The van der Waals surface area contributed by atoms with Gasteiger partial charge in [-0.2, -0.15) is 14.8 Å². The molecule has 0 aliphatic carbocycles. The van der Waals surface area contributed by atoms with E-state index in [-0.39, 0.29) is 18.1 Å². The fraction of sp³-hybridized carbons (Fsp3) is 0.0952. The third-order valence-corrected chi connectivity index (χ3v) is 3.87. The van der Waals surface area contributed by atoms with Crippen molar-refractivity contribution in [1.82, 2.24) is 14.8 Å². The molecule has 3 rings (SSSR count). The average Bonchev–Trinajstić information content (AvgIpc) is 3.30.